The molecule has 0 bridgehead atoms. The Morgan fingerprint density at radius 1 is 0.971 bits per heavy atom. The van der Waals surface area contributed by atoms with Crippen LogP contribution in [0.2, 0.25) is 0 Å². The van der Waals surface area contributed by atoms with Crippen molar-refractivity contribution in [1.29, 1.82) is 0 Å². The Hall–Kier alpha value is -3.40. The molecule has 1 atom stereocenters. The van der Waals surface area contributed by atoms with Gasteiger partial charge in [-0.2, -0.15) is 0 Å². The molecule has 2 fully saturated rings. The Balaban J connectivity index is 1.58. The summed E-state index contributed by atoms with van der Waals surface area (Å²) in [5, 5.41) is 2.80. The largest absolute Gasteiger partial charge is 0.353 e. The van der Waals surface area contributed by atoms with Gasteiger partial charge in [0.15, 0.2) is 0 Å². The lowest BCUT2D eigenvalue weighted by atomic mass is 9.96. The van der Waals surface area contributed by atoms with Crippen LogP contribution in [-0.4, -0.2) is 65.0 Å². The Kier molecular flexibility index (Phi) is 6.84. The molecule has 2 saturated heterocycles. The van der Waals surface area contributed by atoms with E-state index in [0.717, 1.165) is 12.1 Å². The number of halogens is 3. The fourth-order valence-corrected chi connectivity index (χ4v) is 4.57. The number of benzene rings is 2. The SMILES string of the molecule is CC(C)NC(=O)C1COC2(CCN(C(=O)c3ccc(F)cc3F)CC2)N1C(=O)c1ccc(F)cc1. The summed E-state index contributed by atoms with van der Waals surface area (Å²) in [7, 11) is 0. The van der Waals surface area contributed by atoms with E-state index in [-0.39, 0.29) is 55.6 Å². The third-order valence-electron chi connectivity index (χ3n) is 6.30. The maximum atomic E-state index is 14.1. The van der Waals surface area contributed by atoms with Gasteiger partial charge in [0.05, 0.1) is 12.2 Å². The molecule has 0 aromatic heterocycles. The Morgan fingerprint density at radius 2 is 1.60 bits per heavy atom. The highest BCUT2D eigenvalue weighted by Gasteiger charge is 2.54. The van der Waals surface area contributed by atoms with Crippen LogP contribution in [0.4, 0.5) is 13.2 Å². The Labute approximate surface area is 200 Å². The number of hydrogen-bond acceptors (Lipinski definition) is 4. The highest BCUT2D eigenvalue weighted by Crippen LogP contribution is 2.39. The molecular weight excluding hydrogens is 463 g/mol. The molecule has 186 valence electrons. The van der Waals surface area contributed by atoms with Gasteiger partial charge in [0.1, 0.15) is 29.2 Å². The zero-order valence-corrected chi connectivity index (χ0v) is 19.4. The Bertz CT molecular complexity index is 1130. The van der Waals surface area contributed by atoms with Crippen molar-refractivity contribution in [3.05, 3.63) is 71.0 Å². The number of rotatable bonds is 4. The smallest absolute Gasteiger partial charge is 0.256 e. The van der Waals surface area contributed by atoms with Crippen molar-refractivity contribution in [2.45, 2.75) is 44.5 Å². The third kappa shape index (κ3) is 4.88. The second kappa shape index (κ2) is 9.69. The number of piperidine rings is 1. The van der Waals surface area contributed by atoms with Crippen LogP contribution in [0, 0.1) is 17.5 Å². The van der Waals surface area contributed by atoms with Crippen LogP contribution in [0.15, 0.2) is 42.5 Å². The summed E-state index contributed by atoms with van der Waals surface area (Å²) in [5.41, 5.74) is -1.21. The molecular formula is C25H26F3N3O4. The van der Waals surface area contributed by atoms with Crippen LogP contribution >= 0.6 is 0 Å². The number of carbonyl (C=O) groups is 3. The minimum Gasteiger partial charge on any atom is -0.353 e. The van der Waals surface area contributed by atoms with Crippen molar-refractivity contribution >= 4 is 17.7 Å². The molecule has 0 radical (unpaired) electrons. The lowest BCUT2D eigenvalue weighted by Crippen LogP contribution is -2.60. The van der Waals surface area contributed by atoms with Crippen molar-refractivity contribution in [2.75, 3.05) is 19.7 Å². The molecule has 2 aromatic rings. The molecule has 2 aromatic carbocycles. The fraction of sp³-hybridized carbons (Fsp3) is 0.400. The number of nitrogens with one attached hydrogen (secondary N) is 1. The summed E-state index contributed by atoms with van der Waals surface area (Å²) >= 11 is 0. The molecule has 7 nitrogen and oxygen atoms in total. The number of hydrogen-bond donors (Lipinski definition) is 1. The number of carbonyl (C=O) groups excluding carboxylic acids is 3. The molecule has 2 aliphatic heterocycles. The average molecular weight is 489 g/mol. The van der Waals surface area contributed by atoms with Gasteiger partial charge in [0.25, 0.3) is 11.8 Å². The summed E-state index contributed by atoms with van der Waals surface area (Å²) in [6.07, 6.45) is 0.361. The van der Waals surface area contributed by atoms with Crippen molar-refractivity contribution in [3.63, 3.8) is 0 Å². The van der Waals surface area contributed by atoms with Gasteiger partial charge in [-0.1, -0.05) is 0 Å². The maximum Gasteiger partial charge on any atom is 0.256 e. The molecule has 0 aliphatic carbocycles. The molecule has 1 unspecified atom stereocenters. The van der Waals surface area contributed by atoms with Gasteiger partial charge in [-0.15, -0.1) is 0 Å². The van der Waals surface area contributed by atoms with Crippen molar-refractivity contribution in [3.8, 4) is 0 Å². The van der Waals surface area contributed by atoms with E-state index in [9.17, 15) is 27.6 Å². The fourth-order valence-electron chi connectivity index (χ4n) is 4.57. The van der Waals surface area contributed by atoms with E-state index in [2.05, 4.69) is 5.32 Å². The number of ether oxygens (including phenoxy) is 1. The summed E-state index contributed by atoms with van der Waals surface area (Å²) in [5.74, 6) is -3.69. The van der Waals surface area contributed by atoms with Gasteiger partial charge in [-0.3, -0.25) is 19.3 Å². The van der Waals surface area contributed by atoms with Crippen LogP contribution in [0.25, 0.3) is 0 Å². The molecule has 1 N–H and O–H groups in total. The van der Waals surface area contributed by atoms with Gasteiger partial charge < -0.3 is 15.0 Å². The molecule has 2 heterocycles. The predicted octanol–water partition coefficient (Wildman–Crippen LogP) is 3.10. The normalized spacial score (nSPS) is 19.3. The summed E-state index contributed by atoms with van der Waals surface area (Å²) in [6, 6.07) is 6.71. The van der Waals surface area contributed by atoms with Gasteiger partial charge >= 0.3 is 0 Å². The van der Waals surface area contributed by atoms with E-state index < -0.39 is 41.0 Å². The molecule has 0 saturated carbocycles. The van der Waals surface area contributed by atoms with Gasteiger partial charge in [0.2, 0.25) is 5.91 Å². The first-order chi connectivity index (χ1) is 16.6. The topological polar surface area (TPSA) is 79.0 Å². The van der Waals surface area contributed by atoms with Crippen LogP contribution in [-0.2, 0) is 9.53 Å². The highest BCUT2D eigenvalue weighted by atomic mass is 19.1. The van der Waals surface area contributed by atoms with Crippen molar-refractivity contribution in [1.82, 2.24) is 15.1 Å². The average Bonchev–Trinajstić information content (AvgIpc) is 3.17. The lowest BCUT2D eigenvalue weighted by Gasteiger charge is -2.44. The minimum atomic E-state index is -1.16. The quantitative estimate of drug-likeness (QED) is 0.716. The van der Waals surface area contributed by atoms with E-state index in [1.807, 2.05) is 0 Å². The van der Waals surface area contributed by atoms with E-state index in [0.29, 0.717) is 6.07 Å². The van der Waals surface area contributed by atoms with Crippen molar-refractivity contribution < 1.29 is 32.3 Å². The highest BCUT2D eigenvalue weighted by molar-refractivity contribution is 5.98. The standard InChI is InChI=1S/C25H26F3N3O4/c1-15(2)29-22(32)21-14-35-25(31(21)23(33)16-3-5-17(26)6-4-16)9-11-30(12-10-25)24(34)19-8-7-18(27)13-20(19)28/h3-8,13,15,21H,9-12,14H2,1-2H3,(H,29,32). The molecule has 1 spiro atoms. The van der Waals surface area contributed by atoms with Crippen LogP contribution < -0.4 is 5.32 Å². The Morgan fingerprint density at radius 3 is 2.20 bits per heavy atom. The summed E-state index contributed by atoms with van der Waals surface area (Å²) in [6.45, 7) is 3.82. The summed E-state index contributed by atoms with van der Waals surface area (Å²) < 4.78 is 46.9. The van der Waals surface area contributed by atoms with Crippen LogP contribution in [0.1, 0.15) is 47.4 Å². The second-order valence-corrected chi connectivity index (χ2v) is 9.03. The maximum absolute atomic E-state index is 14.1. The van der Waals surface area contributed by atoms with E-state index in [4.69, 9.17) is 4.74 Å². The zero-order chi connectivity index (χ0) is 25.3. The minimum absolute atomic E-state index is 0.0357. The van der Waals surface area contributed by atoms with Crippen LogP contribution in [0.3, 0.4) is 0 Å². The van der Waals surface area contributed by atoms with E-state index >= 15 is 0 Å². The van der Waals surface area contributed by atoms with Crippen molar-refractivity contribution in [2.24, 2.45) is 0 Å². The first kappa shape index (κ1) is 24.7. The first-order valence-corrected chi connectivity index (χ1v) is 11.4. The van der Waals surface area contributed by atoms with Crippen LogP contribution in [0.5, 0.6) is 0 Å². The number of nitrogens with zero attached hydrogens (tertiary/aromatic N) is 2. The van der Waals surface area contributed by atoms with E-state index in [1.165, 1.54) is 34.1 Å². The number of amides is 3. The zero-order valence-electron chi connectivity index (χ0n) is 19.4. The second-order valence-electron chi connectivity index (χ2n) is 9.03. The predicted molar refractivity (Wildman–Crippen MR) is 120 cm³/mol. The molecule has 35 heavy (non-hydrogen) atoms. The monoisotopic (exact) mass is 489 g/mol. The van der Waals surface area contributed by atoms with E-state index in [1.54, 1.807) is 13.8 Å². The summed E-state index contributed by atoms with van der Waals surface area (Å²) in [4.78, 5) is 42.1. The van der Waals surface area contributed by atoms with Gasteiger partial charge in [-0.25, -0.2) is 13.2 Å². The lowest BCUT2D eigenvalue weighted by molar-refractivity contribution is -0.128. The molecule has 10 heteroatoms. The van der Waals surface area contributed by atoms with Gasteiger partial charge in [-0.05, 0) is 50.2 Å². The molecule has 3 amide bonds. The molecule has 2 aliphatic rings. The first-order valence-electron chi connectivity index (χ1n) is 11.4. The number of likely N-dealkylation sites (tertiary alicyclic amines) is 1. The van der Waals surface area contributed by atoms with Gasteiger partial charge in [0, 0.05) is 43.6 Å². The molecule has 4 rings (SSSR count). The third-order valence-corrected chi connectivity index (χ3v) is 6.30.